The van der Waals surface area contributed by atoms with Gasteiger partial charge in [-0.2, -0.15) is 5.10 Å². The number of hydrogen-bond donors (Lipinski definition) is 2. The van der Waals surface area contributed by atoms with Gasteiger partial charge in [-0.25, -0.2) is 19.3 Å². The van der Waals surface area contributed by atoms with Gasteiger partial charge in [0.1, 0.15) is 27.7 Å². The lowest BCUT2D eigenvalue weighted by Crippen LogP contribution is -2.45. The normalized spacial score (nSPS) is 18.6. The highest BCUT2D eigenvalue weighted by Crippen LogP contribution is 2.51. The largest absolute Gasteiger partial charge is 0.372 e. The Morgan fingerprint density at radius 3 is 2.63 bits per heavy atom. The van der Waals surface area contributed by atoms with E-state index in [4.69, 9.17) is 15.3 Å². The molecule has 190 valence electrons. The Kier molecular flexibility index (Phi) is 10.4. The Labute approximate surface area is 213 Å². The van der Waals surface area contributed by atoms with E-state index in [1.54, 1.807) is 6.92 Å². The molecule has 0 saturated heterocycles. The van der Waals surface area contributed by atoms with Gasteiger partial charge in [-0.1, -0.05) is 42.1 Å². The molecule has 0 aromatic heterocycles. The molecule has 1 amide bonds. The number of thioether (sulfide) groups is 1. The van der Waals surface area contributed by atoms with Crippen LogP contribution in [0.25, 0.3) is 0 Å². The van der Waals surface area contributed by atoms with Gasteiger partial charge in [0.15, 0.2) is 0 Å². The number of nitrogens with one attached hydrogen (secondary N) is 1. The summed E-state index contributed by atoms with van der Waals surface area (Å²) in [4.78, 5) is 21.3. The number of methoxy groups -OCH3 is 1. The number of ether oxygens (including phenoxy) is 1. The van der Waals surface area contributed by atoms with Crippen LogP contribution in [0.1, 0.15) is 30.9 Å². The minimum atomic E-state index is -1.03. The fraction of sp³-hybridized carbons (Fsp3) is 0.348. The van der Waals surface area contributed by atoms with Crippen molar-refractivity contribution in [1.29, 1.82) is 0 Å². The van der Waals surface area contributed by atoms with Crippen LogP contribution < -0.4 is 11.2 Å². The number of guanidine groups is 1. The number of rotatable bonds is 9. The van der Waals surface area contributed by atoms with Gasteiger partial charge in [-0.15, -0.1) is 12.4 Å². The third kappa shape index (κ3) is 6.49. The first kappa shape index (κ1) is 28.5. The van der Waals surface area contributed by atoms with Gasteiger partial charge in [-0.05, 0) is 43.5 Å². The van der Waals surface area contributed by atoms with Crippen LogP contribution in [0.4, 0.5) is 8.78 Å². The summed E-state index contributed by atoms with van der Waals surface area (Å²) in [5.41, 5.74) is 8.92. The molecule has 12 heteroatoms. The number of hydroxylamine groups is 1. The average molecular weight is 528 g/mol. The van der Waals surface area contributed by atoms with Crippen LogP contribution in [0.2, 0.25) is 0 Å². The number of aliphatic imine (C=N–C) groups is 1. The minimum absolute atomic E-state index is 0. The third-order valence-electron chi connectivity index (χ3n) is 5.25. The SMILES string of the molecule is CONC(N)=NCCC[C@]1(c2ccccc2)SC(c2cc(F)ccc2F)=NN1C(=O)[C@H](C)OC.Cl. The molecule has 0 aliphatic carbocycles. The van der Waals surface area contributed by atoms with Gasteiger partial charge < -0.3 is 10.5 Å². The summed E-state index contributed by atoms with van der Waals surface area (Å²) in [6.07, 6.45) is 0.106. The second-order valence-electron chi connectivity index (χ2n) is 7.49. The summed E-state index contributed by atoms with van der Waals surface area (Å²) in [7, 11) is 2.85. The highest BCUT2D eigenvalue weighted by atomic mass is 35.5. The molecule has 2 aromatic carbocycles. The van der Waals surface area contributed by atoms with Crippen LogP contribution >= 0.6 is 24.2 Å². The maximum atomic E-state index is 14.7. The van der Waals surface area contributed by atoms with Crippen LogP contribution in [-0.2, 0) is 19.2 Å². The van der Waals surface area contributed by atoms with Crippen LogP contribution in [0.15, 0.2) is 58.6 Å². The summed E-state index contributed by atoms with van der Waals surface area (Å²) >= 11 is 1.19. The molecule has 3 rings (SSSR count). The first-order valence-electron chi connectivity index (χ1n) is 10.6. The number of amides is 1. The fourth-order valence-corrected chi connectivity index (χ4v) is 4.93. The van der Waals surface area contributed by atoms with Crippen molar-refractivity contribution in [3.05, 3.63) is 71.3 Å². The average Bonchev–Trinajstić information content (AvgIpc) is 3.23. The Morgan fingerprint density at radius 2 is 1.97 bits per heavy atom. The van der Waals surface area contributed by atoms with Crippen molar-refractivity contribution in [1.82, 2.24) is 10.5 Å². The van der Waals surface area contributed by atoms with Gasteiger partial charge in [0.05, 0.1) is 7.11 Å². The lowest BCUT2D eigenvalue weighted by atomic mass is 10.00. The molecular weight excluding hydrogens is 500 g/mol. The molecular formula is C23H28ClF2N5O3S. The van der Waals surface area contributed by atoms with Crippen LogP contribution in [0.3, 0.4) is 0 Å². The number of nitrogens with two attached hydrogens (primary N) is 1. The molecule has 1 heterocycles. The van der Waals surface area contributed by atoms with Crippen molar-refractivity contribution in [2.45, 2.75) is 30.7 Å². The molecule has 35 heavy (non-hydrogen) atoms. The molecule has 0 spiro atoms. The standard InChI is InChI=1S/C23H27F2N5O3S.ClH/c1-15(32-2)21(31)30-23(16-8-5-4-6-9-16,12-7-13-27-22(26)29-33-3)34-20(28-30)18-14-17(24)10-11-19(18)25;/h4-6,8-11,14-15H,7,12-13H2,1-3H3,(H3,26,27,29);1H/t15-,23+;/m0./s1. The Hall–Kier alpha value is -2.73. The number of carbonyl (C=O) groups excluding carboxylic acids is 1. The highest BCUT2D eigenvalue weighted by molar-refractivity contribution is 8.15. The molecule has 8 nitrogen and oxygen atoms in total. The number of halogens is 3. The fourth-order valence-electron chi connectivity index (χ4n) is 3.50. The van der Waals surface area contributed by atoms with E-state index in [1.807, 2.05) is 30.3 Å². The molecule has 0 radical (unpaired) electrons. The first-order chi connectivity index (χ1) is 16.3. The van der Waals surface area contributed by atoms with E-state index in [2.05, 4.69) is 15.6 Å². The van der Waals surface area contributed by atoms with Crippen molar-refractivity contribution in [2.75, 3.05) is 20.8 Å². The Bertz CT molecular complexity index is 1080. The zero-order chi connectivity index (χ0) is 24.7. The molecule has 2 aromatic rings. The van der Waals surface area contributed by atoms with E-state index in [9.17, 15) is 13.6 Å². The quantitative estimate of drug-likeness (QED) is 0.223. The number of benzene rings is 2. The number of hydrazone groups is 1. The monoisotopic (exact) mass is 527 g/mol. The summed E-state index contributed by atoms with van der Waals surface area (Å²) in [6, 6.07) is 12.4. The first-order valence-corrected chi connectivity index (χ1v) is 11.4. The molecule has 0 unspecified atom stereocenters. The lowest BCUT2D eigenvalue weighted by molar-refractivity contribution is -0.144. The lowest BCUT2D eigenvalue weighted by Gasteiger charge is -2.36. The minimum Gasteiger partial charge on any atom is -0.372 e. The van der Waals surface area contributed by atoms with E-state index in [0.717, 1.165) is 23.8 Å². The molecule has 2 atom stereocenters. The molecule has 1 aliphatic heterocycles. The van der Waals surface area contributed by atoms with Crippen LogP contribution in [-0.4, -0.2) is 48.8 Å². The Morgan fingerprint density at radius 1 is 1.26 bits per heavy atom. The van der Waals surface area contributed by atoms with Crippen molar-refractivity contribution in [3.8, 4) is 0 Å². The van der Waals surface area contributed by atoms with Crippen LogP contribution in [0, 0.1) is 11.6 Å². The number of nitrogens with zero attached hydrogens (tertiary/aromatic N) is 3. The predicted octanol–water partition coefficient (Wildman–Crippen LogP) is 3.76. The topological polar surface area (TPSA) is 102 Å². The molecule has 0 bridgehead atoms. The number of carbonyl (C=O) groups is 1. The smallest absolute Gasteiger partial charge is 0.273 e. The second kappa shape index (κ2) is 12.8. The van der Waals surface area contributed by atoms with Crippen LogP contribution in [0.5, 0.6) is 0 Å². The van der Waals surface area contributed by atoms with Gasteiger partial charge in [0, 0.05) is 19.2 Å². The van der Waals surface area contributed by atoms with E-state index < -0.39 is 28.5 Å². The van der Waals surface area contributed by atoms with Crippen molar-refractivity contribution in [3.63, 3.8) is 0 Å². The maximum absolute atomic E-state index is 14.7. The molecule has 3 N–H and O–H groups in total. The molecule has 1 aliphatic rings. The van der Waals surface area contributed by atoms with E-state index in [1.165, 1.54) is 31.0 Å². The molecule has 0 saturated carbocycles. The second-order valence-corrected chi connectivity index (χ2v) is 8.75. The summed E-state index contributed by atoms with van der Waals surface area (Å²) in [5, 5.41) is 6.00. The van der Waals surface area contributed by atoms with E-state index in [-0.39, 0.29) is 29.0 Å². The summed E-state index contributed by atoms with van der Waals surface area (Å²) in [6.45, 7) is 1.95. The summed E-state index contributed by atoms with van der Waals surface area (Å²) < 4.78 is 33.9. The van der Waals surface area contributed by atoms with Crippen molar-refractivity contribution < 1.29 is 23.1 Å². The predicted molar refractivity (Wildman–Crippen MR) is 135 cm³/mol. The van der Waals surface area contributed by atoms with Gasteiger partial charge in [0.25, 0.3) is 5.91 Å². The Balaban J connectivity index is 0.00000432. The van der Waals surface area contributed by atoms with Gasteiger partial charge >= 0.3 is 0 Å². The zero-order valence-corrected chi connectivity index (χ0v) is 21.2. The van der Waals surface area contributed by atoms with E-state index >= 15 is 0 Å². The van der Waals surface area contributed by atoms with Crippen molar-refractivity contribution >= 4 is 41.1 Å². The van der Waals surface area contributed by atoms with Gasteiger partial charge in [-0.3, -0.25) is 14.6 Å². The third-order valence-corrected chi connectivity index (χ3v) is 6.70. The molecule has 0 fully saturated rings. The van der Waals surface area contributed by atoms with Crippen molar-refractivity contribution in [2.24, 2.45) is 15.8 Å². The number of hydrogen-bond acceptors (Lipinski definition) is 6. The summed E-state index contributed by atoms with van der Waals surface area (Å²) in [5.74, 6) is -1.52. The van der Waals surface area contributed by atoms with Gasteiger partial charge in [0.2, 0.25) is 5.96 Å². The maximum Gasteiger partial charge on any atom is 0.273 e. The van der Waals surface area contributed by atoms with E-state index in [0.29, 0.717) is 19.4 Å². The highest BCUT2D eigenvalue weighted by Gasteiger charge is 2.49. The zero-order valence-electron chi connectivity index (χ0n) is 19.5.